The number of nitrogens with zero attached hydrogens (tertiary/aromatic N) is 1. The molecule has 24 heavy (non-hydrogen) atoms. The van der Waals surface area contributed by atoms with Crippen LogP contribution in [0.3, 0.4) is 0 Å². The third-order valence-electron chi connectivity index (χ3n) is 4.38. The van der Waals surface area contributed by atoms with Crippen LogP contribution < -0.4 is 11.1 Å². The lowest BCUT2D eigenvalue weighted by molar-refractivity contribution is 0.0927. The fourth-order valence-electron chi connectivity index (χ4n) is 3.12. The summed E-state index contributed by atoms with van der Waals surface area (Å²) >= 11 is 0. The Hall–Kier alpha value is -1.56. The van der Waals surface area contributed by atoms with Crippen LogP contribution in [0.1, 0.15) is 35.3 Å². The van der Waals surface area contributed by atoms with Gasteiger partial charge < -0.3 is 15.5 Å². The van der Waals surface area contributed by atoms with Crippen molar-refractivity contribution >= 4 is 30.7 Å². The highest BCUT2D eigenvalue weighted by Crippen LogP contribution is 2.25. The average Bonchev–Trinajstić information content (AvgIpc) is 3.18. The summed E-state index contributed by atoms with van der Waals surface area (Å²) in [6.45, 7) is 2.47. The minimum absolute atomic E-state index is 0. The number of hydrogen-bond donors (Lipinski definition) is 2. The van der Waals surface area contributed by atoms with Crippen molar-refractivity contribution in [1.29, 1.82) is 0 Å². The van der Waals surface area contributed by atoms with Crippen LogP contribution in [0.25, 0.3) is 11.5 Å². The van der Waals surface area contributed by atoms with E-state index in [-0.39, 0.29) is 36.8 Å². The van der Waals surface area contributed by atoms with Crippen molar-refractivity contribution in [3.05, 3.63) is 41.8 Å². The number of amides is 1. The van der Waals surface area contributed by atoms with Crippen molar-refractivity contribution in [3.8, 4) is 11.5 Å². The second-order valence-electron chi connectivity index (χ2n) is 5.81. The topological polar surface area (TPSA) is 81.2 Å². The minimum atomic E-state index is -0.0682. The summed E-state index contributed by atoms with van der Waals surface area (Å²) in [5, 5.41) is 3.11. The zero-order chi connectivity index (χ0) is 15.5. The second-order valence-corrected chi connectivity index (χ2v) is 5.81. The van der Waals surface area contributed by atoms with Crippen molar-refractivity contribution in [2.45, 2.75) is 32.2 Å². The fraction of sp³-hybridized carbons (Fsp3) is 0.412. The van der Waals surface area contributed by atoms with E-state index < -0.39 is 0 Å². The first kappa shape index (κ1) is 20.5. The van der Waals surface area contributed by atoms with Crippen LogP contribution in [0.4, 0.5) is 0 Å². The summed E-state index contributed by atoms with van der Waals surface area (Å²) in [4.78, 5) is 16.9. The number of carbonyl (C=O) groups is 1. The Morgan fingerprint density at radius 3 is 2.75 bits per heavy atom. The zero-order valence-electron chi connectivity index (χ0n) is 13.5. The van der Waals surface area contributed by atoms with Gasteiger partial charge in [-0.2, -0.15) is 0 Å². The highest BCUT2D eigenvalue weighted by molar-refractivity contribution is 5.95. The van der Waals surface area contributed by atoms with Crippen LogP contribution in [-0.2, 0) is 0 Å². The Kier molecular flexibility index (Phi) is 7.73. The Morgan fingerprint density at radius 1 is 1.33 bits per heavy atom. The Balaban J connectivity index is 0.00000144. The molecule has 0 radical (unpaired) electrons. The number of hydrogen-bond acceptors (Lipinski definition) is 4. The summed E-state index contributed by atoms with van der Waals surface area (Å²) in [7, 11) is 0. The van der Waals surface area contributed by atoms with E-state index in [0.717, 1.165) is 25.0 Å². The molecule has 0 saturated heterocycles. The molecule has 1 aliphatic carbocycles. The molecule has 3 N–H and O–H groups in total. The standard InChI is InChI=1S/C17H21N3O2.2ClH/c1-11-13(7-8-15(19-11)16-6-3-9-22-16)17(21)20-14-5-2-4-12(14)10-18;;/h3,6-9,12,14H,2,4-5,10,18H2,1H3,(H,20,21);2*1H. The van der Waals surface area contributed by atoms with Crippen LogP contribution in [0.5, 0.6) is 0 Å². The lowest BCUT2D eigenvalue weighted by atomic mass is 10.0. The van der Waals surface area contributed by atoms with Crippen LogP contribution in [0.2, 0.25) is 0 Å². The molecule has 132 valence electrons. The van der Waals surface area contributed by atoms with Gasteiger partial charge in [-0.25, -0.2) is 4.98 Å². The van der Waals surface area contributed by atoms with E-state index in [2.05, 4.69) is 10.3 Å². The van der Waals surface area contributed by atoms with Crippen LogP contribution in [0, 0.1) is 12.8 Å². The molecule has 2 aromatic heterocycles. The van der Waals surface area contributed by atoms with E-state index in [4.69, 9.17) is 10.2 Å². The predicted molar refractivity (Wildman–Crippen MR) is 98.8 cm³/mol. The molecule has 2 heterocycles. The molecular weight excluding hydrogens is 349 g/mol. The lowest BCUT2D eigenvalue weighted by Gasteiger charge is -2.20. The normalized spacial score (nSPS) is 19.2. The molecule has 1 aliphatic rings. The number of aryl methyl sites for hydroxylation is 1. The van der Waals surface area contributed by atoms with E-state index in [1.54, 1.807) is 6.26 Å². The summed E-state index contributed by atoms with van der Waals surface area (Å²) in [6.07, 6.45) is 4.84. The van der Waals surface area contributed by atoms with Crippen molar-refractivity contribution in [2.24, 2.45) is 11.7 Å². The smallest absolute Gasteiger partial charge is 0.253 e. The number of rotatable bonds is 4. The molecule has 1 amide bonds. The predicted octanol–water partition coefficient (Wildman–Crippen LogP) is 3.35. The van der Waals surface area contributed by atoms with Gasteiger partial charge in [0.05, 0.1) is 17.5 Å². The summed E-state index contributed by atoms with van der Waals surface area (Å²) < 4.78 is 5.33. The van der Waals surface area contributed by atoms with E-state index in [9.17, 15) is 4.79 Å². The number of nitrogens with one attached hydrogen (secondary N) is 1. The molecular formula is C17H23Cl2N3O2. The molecule has 3 rings (SSSR count). The molecule has 2 unspecified atom stereocenters. The molecule has 1 saturated carbocycles. The SMILES string of the molecule is Cc1nc(-c2ccco2)ccc1C(=O)NC1CCCC1CN.Cl.Cl. The number of nitrogens with two attached hydrogens (primary N) is 1. The molecule has 7 heteroatoms. The van der Waals surface area contributed by atoms with Gasteiger partial charge in [0.1, 0.15) is 5.69 Å². The first-order chi connectivity index (χ1) is 10.7. The maximum atomic E-state index is 12.5. The van der Waals surface area contributed by atoms with Crippen molar-refractivity contribution in [1.82, 2.24) is 10.3 Å². The molecule has 2 atom stereocenters. The minimum Gasteiger partial charge on any atom is -0.463 e. The van der Waals surface area contributed by atoms with Gasteiger partial charge in [-0.15, -0.1) is 24.8 Å². The maximum Gasteiger partial charge on any atom is 0.253 e. The van der Waals surface area contributed by atoms with Gasteiger partial charge in [-0.3, -0.25) is 4.79 Å². The third-order valence-corrected chi connectivity index (χ3v) is 4.38. The van der Waals surface area contributed by atoms with E-state index >= 15 is 0 Å². The first-order valence-electron chi connectivity index (χ1n) is 7.71. The van der Waals surface area contributed by atoms with E-state index in [1.165, 1.54) is 0 Å². The molecule has 5 nitrogen and oxygen atoms in total. The van der Waals surface area contributed by atoms with Crippen molar-refractivity contribution < 1.29 is 9.21 Å². The summed E-state index contributed by atoms with van der Waals surface area (Å²) in [5.74, 6) is 1.02. The van der Waals surface area contributed by atoms with Gasteiger partial charge >= 0.3 is 0 Å². The van der Waals surface area contributed by atoms with Crippen molar-refractivity contribution in [2.75, 3.05) is 6.54 Å². The van der Waals surface area contributed by atoms with Gasteiger partial charge in [0, 0.05) is 6.04 Å². The van der Waals surface area contributed by atoms with Gasteiger partial charge in [-0.05, 0) is 56.5 Å². The van der Waals surface area contributed by atoms with Gasteiger partial charge in [0.2, 0.25) is 0 Å². The Labute approximate surface area is 154 Å². The third kappa shape index (κ3) is 4.29. The number of carbonyl (C=O) groups excluding carboxylic acids is 1. The number of halogens is 2. The van der Waals surface area contributed by atoms with Crippen LogP contribution in [0.15, 0.2) is 34.9 Å². The summed E-state index contributed by atoms with van der Waals surface area (Å²) in [6, 6.07) is 7.48. The highest BCUT2D eigenvalue weighted by atomic mass is 35.5. The highest BCUT2D eigenvalue weighted by Gasteiger charge is 2.28. The molecule has 2 aromatic rings. The van der Waals surface area contributed by atoms with Gasteiger partial charge in [0.15, 0.2) is 5.76 Å². The monoisotopic (exact) mass is 371 g/mol. The zero-order valence-corrected chi connectivity index (χ0v) is 15.2. The second kappa shape index (κ2) is 9.06. The van der Waals surface area contributed by atoms with Crippen LogP contribution >= 0.6 is 24.8 Å². The number of furan rings is 1. The number of pyridine rings is 1. The van der Waals surface area contributed by atoms with Gasteiger partial charge in [-0.1, -0.05) is 6.42 Å². The lowest BCUT2D eigenvalue weighted by Crippen LogP contribution is -2.40. The van der Waals surface area contributed by atoms with E-state index in [1.807, 2.05) is 31.2 Å². The molecule has 0 spiro atoms. The molecule has 0 bridgehead atoms. The van der Waals surface area contributed by atoms with Gasteiger partial charge in [0.25, 0.3) is 5.91 Å². The average molecular weight is 372 g/mol. The molecule has 1 fully saturated rings. The quantitative estimate of drug-likeness (QED) is 0.863. The Morgan fingerprint density at radius 2 is 2.12 bits per heavy atom. The van der Waals surface area contributed by atoms with Crippen molar-refractivity contribution in [3.63, 3.8) is 0 Å². The fourth-order valence-corrected chi connectivity index (χ4v) is 3.12. The maximum absolute atomic E-state index is 12.5. The Bertz CT molecular complexity index is 662. The molecule has 0 aromatic carbocycles. The summed E-state index contributed by atoms with van der Waals surface area (Å²) in [5.41, 5.74) is 7.82. The van der Waals surface area contributed by atoms with E-state index in [0.29, 0.717) is 29.5 Å². The molecule has 0 aliphatic heterocycles. The number of aromatic nitrogens is 1. The largest absolute Gasteiger partial charge is 0.463 e. The van der Waals surface area contributed by atoms with Crippen LogP contribution in [-0.4, -0.2) is 23.5 Å². The first-order valence-corrected chi connectivity index (χ1v) is 7.71.